The third-order valence-electron chi connectivity index (χ3n) is 3.41. The maximum Gasteiger partial charge on any atom is 0.224 e. The smallest absolute Gasteiger partial charge is 0.224 e. The molecule has 0 saturated carbocycles. The summed E-state index contributed by atoms with van der Waals surface area (Å²) in [5.41, 5.74) is 1.11. The number of likely N-dealkylation sites (N-methyl/N-ethyl adjacent to an activating group) is 1. The molecule has 0 aromatic carbocycles. The predicted octanol–water partition coefficient (Wildman–Crippen LogP) is 2.22. The molecule has 1 unspecified atom stereocenters. The summed E-state index contributed by atoms with van der Waals surface area (Å²) >= 11 is 0. The molecule has 0 spiro atoms. The second kappa shape index (κ2) is 6.70. The van der Waals surface area contributed by atoms with Crippen molar-refractivity contribution in [2.24, 2.45) is 0 Å². The zero-order valence-corrected chi connectivity index (χ0v) is 12.1. The van der Waals surface area contributed by atoms with Crippen molar-refractivity contribution in [3.63, 3.8) is 0 Å². The quantitative estimate of drug-likeness (QED) is 0.854. The maximum atomic E-state index is 5.72. The van der Waals surface area contributed by atoms with Gasteiger partial charge in [-0.3, -0.25) is 0 Å². The average Bonchev–Trinajstić information content (AvgIpc) is 2.92. The number of aromatic nitrogens is 2. The van der Waals surface area contributed by atoms with Crippen LogP contribution in [0.15, 0.2) is 6.20 Å². The minimum Gasteiger partial charge on any atom is -0.376 e. The van der Waals surface area contributed by atoms with Crippen LogP contribution < -0.4 is 10.2 Å². The van der Waals surface area contributed by atoms with Gasteiger partial charge in [0.2, 0.25) is 5.95 Å². The molecular weight excluding hydrogens is 240 g/mol. The van der Waals surface area contributed by atoms with Gasteiger partial charge in [-0.1, -0.05) is 0 Å². The molecule has 0 amide bonds. The Balaban J connectivity index is 2.13. The summed E-state index contributed by atoms with van der Waals surface area (Å²) in [7, 11) is 0. The maximum absolute atomic E-state index is 5.72. The number of anilines is 2. The van der Waals surface area contributed by atoms with E-state index in [0.29, 0.717) is 12.1 Å². The van der Waals surface area contributed by atoms with Crippen molar-refractivity contribution in [1.82, 2.24) is 9.97 Å². The van der Waals surface area contributed by atoms with Gasteiger partial charge in [-0.25, -0.2) is 4.98 Å². The number of nitrogens with zero attached hydrogens (tertiary/aromatic N) is 3. The first-order chi connectivity index (χ1) is 9.24. The van der Waals surface area contributed by atoms with Gasteiger partial charge >= 0.3 is 0 Å². The van der Waals surface area contributed by atoms with Gasteiger partial charge in [0.05, 0.1) is 6.10 Å². The zero-order valence-electron chi connectivity index (χ0n) is 12.1. The van der Waals surface area contributed by atoms with Crippen LogP contribution in [0, 0.1) is 6.92 Å². The number of nitrogens with one attached hydrogen (secondary N) is 1. The molecule has 2 rings (SSSR count). The molecule has 106 valence electrons. The van der Waals surface area contributed by atoms with Gasteiger partial charge in [-0.15, -0.1) is 0 Å². The van der Waals surface area contributed by atoms with Gasteiger partial charge in [0.25, 0.3) is 0 Å². The second-order valence-corrected chi connectivity index (χ2v) is 4.90. The first kappa shape index (κ1) is 14.1. The van der Waals surface area contributed by atoms with Crippen LogP contribution in [-0.2, 0) is 4.74 Å². The topological polar surface area (TPSA) is 50.3 Å². The van der Waals surface area contributed by atoms with E-state index in [-0.39, 0.29) is 0 Å². The van der Waals surface area contributed by atoms with Crippen LogP contribution >= 0.6 is 0 Å². The summed E-state index contributed by atoms with van der Waals surface area (Å²) in [4.78, 5) is 11.2. The summed E-state index contributed by atoms with van der Waals surface area (Å²) in [5.74, 6) is 1.72. The van der Waals surface area contributed by atoms with Gasteiger partial charge in [-0.05, 0) is 33.6 Å². The molecule has 1 saturated heterocycles. The normalized spacial score (nSPS) is 18.6. The summed E-state index contributed by atoms with van der Waals surface area (Å²) in [6, 6.07) is 0. The van der Waals surface area contributed by atoms with Crippen LogP contribution in [0.5, 0.6) is 0 Å². The SMILES string of the molecule is CCNc1ncc(C)c(N(CC)CC2CCCO2)n1. The van der Waals surface area contributed by atoms with E-state index < -0.39 is 0 Å². The summed E-state index contributed by atoms with van der Waals surface area (Å²) in [6.07, 6.45) is 4.56. The Hall–Kier alpha value is -1.36. The molecule has 2 heterocycles. The van der Waals surface area contributed by atoms with Crippen LogP contribution in [0.4, 0.5) is 11.8 Å². The molecule has 5 nitrogen and oxygen atoms in total. The fourth-order valence-corrected chi connectivity index (χ4v) is 2.40. The van der Waals surface area contributed by atoms with E-state index in [1.165, 1.54) is 6.42 Å². The molecule has 1 aliphatic rings. The highest BCUT2D eigenvalue weighted by molar-refractivity contribution is 5.49. The van der Waals surface area contributed by atoms with E-state index in [0.717, 1.165) is 44.0 Å². The van der Waals surface area contributed by atoms with Crippen LogP contribution in [0.3, 0.4) is 0 Å². The van der Waals surface area contributed by atoms with Gasteiger partial charge in [0.1, 0.15) is 5.82 Å². The Morgan fingerprint density at radius 2 is 2.32 bits per heavy atom. The predicted molar refractivity (Wildman–Crippen MR) is 77.8 cm³/mol. The van der Waals surface area contributed by atoms with E-state index >= 15 is 0 Å². The summed E-state index contributed by atoms with van der Waals surface area (Å²) < 4.78 is 5.72. The highest BCUT2D eigenvalue weighted by atomic mass is 16.5. The van der Waals surface area contributed by atoms with Crippen molar-refractivity contribution < 1.29 is 4.74 Å². The first-order valence-corrected chi connectivity index (χ1v) is 7.18. The van der Waals surface area contributed by atoms with Crippen molar-refractivity contribution >= 4 is 11.8 Å². The Kier molecular flexibility index (Phi) is 4.96. The lowest BCUT2D eigenvalue weighted by atomic mass is 10.2. The van der Waals surface area contributed by atoms with Crippen molar-refractivity contribution in [3.05, 3.63) is 11.8 Å². The Morgan fingerprint density at radius 3 is 2.95 bits per heavy atom. The Morgan fingerprint density at radius 1 is 1.47 bits per heavy atom. The van der Waals surface area contributed by atoms with Crippen LogP contribution in [0.25, 0.3) is 0 Å². The highest BCUT2D eigenvalue weighted by Crippen LogP contribution is 2.21. The number of aryl methyl sites for hydroxylation is 1. The van der Waals surface area contributed by atoms with Gasteiger partial charge < -0.3 is 15.0 Å². The molecule has 1 aromatic heterocycles. The lowest BCUT2D eigenvalue weighted by molar-refractivity contribution is 0.115. The highest BCUT2D eigenvalue weighted by Gasteiger charge is 2.20. The average molecular weight is 264 g/mol. The molecule has 1 atom stereocenters. The van der Waals surface area contributed by atoms with E-state index in [1.54, 1.807) is 0 Å². The minimum atomic E-state index is 0.344. The molecule has 19 heavy (non-hydrogen) atoms. The Labute approximate surface area is 115 Å². The van der Waals surface area contributed by atoms with Crippen LogP contribution in [0.2, 0.25) is 0 Å². The van der Waals surface area contributed by atoms with E-state index in [2.05, 4.69) is 34.0 Å². The first-order valence-electron chi connectivity index (χ1n) is 7.18. The van der Waals surface area contributed by atoms with Crippen LogP contribution in [0.1, 0.15) is 32.3 Å². The number of hydrogen-bond acceptors (Lipinski definition) is 5. The molecule has 1 aliphatic heterocycles. The van der Waals surface area contributed by atoms with Crippen molar-refractivity contribution in [2.75, 3.05) is 36.5 Å². The molecule has 5 heteroatoms. The molecule has 0 radical (unpaired) electrons. The van der Waals surface area contributed by atoms with Crippen molar-refractivity contribution in [2.45, 2.75) is 39.7 Å². The molecule has 1 aromatic rings. The minimum absolute atomic E-state index is 0.344. The standard InChI is InChI=1S/C14H24N4O/c1-4-15-14-16-9-11(3)13(17-14)18(5-2)10-12-7-6-8-19-12/h9,12H,4-8,10H2,1-3H3,(H,15,16,17). The summed E-state index contributed by atoms with van der Waals surface area (Å²) in [6.45, 7) is 9.84. The fraction of sp³-hybridized carbons (Fsp3) is 0.714. The van der Waals surface area contributed by atoms with Crippen LogP contribution in [-0.4, -0.2) is 42.3 Å². The largest absolute Gasteiger partial charge is 0.376 e. The Bertz CT molecular complexity index is 404. The fourth-order valence-electron chi connectivity index (χ4n) is 2.40. The number of rotatable bonds is 6. The molecular formula is C14H24N4O. The molecule has 0 aliphatic carbocycles. The van der Waals surface area contributed by atoms with E-state index in [4.69, 9.17) is 4.74 Å². The second-order valence-electron chi connectivity index (χ2n) is 4.90. The zero-order chi connectivity index (χ0) is 13.7. The lowest BCUT2D eigenvalue weighted by Crippen LogP contribution is -2.33. The van der Waals surface area contributed by atoms with Crippen molar-refractivity contribution in [1.29, 1.82) is 0 Å². The number of hydrogen-bond donors (Lipinski definition) is 1. The molecule has 1 N–H and O–H groups in total. The molecule has 1 fully saturated rings. The summed E-state index contributed by atoms with van der Waals surface area (Å²) in [5, 5.41) is 3.17. The monoisotopic (exact) mass is 264 g/mol. The van der Waals surface area contributed by atoms with E-state index in [1.807, 2.05) is 13.1 Å². The third-order valence-corrected chi connectivity index (χ3v) is 3.41. The van der Waals surface area contributed by atoms with Gasteiger partial charge in [0.15, 0.2) is 0 Å². The van der Waals surface area contributed by atoms with Gasteiger partial charge in [-0.2, -0.15) is 4.98 Å². The number of ether oxygens (including phenoxy) is 1. The molecule has 0 bridgehead atoms. The van der Waals surface area contributed by atoms with E-state index in [9.17, 15) is 0 Å². The van der Waals surface area contributed by atoms with Crippen molar-refractivity contribution in [3.8, 4) is 0 Å². The van der Waals surface area contributed by atoms with Gasteiger partial charge in [0, 0.05) is 38.0 Å². The third kappa shape index (κ3) is 3.56. The lowest BCUT2D eigenvalue weighted by Gasteiger charge is -2.26.